The standard InChI is InChI=1S/C19H27N3O3/c1-14-11-17(18(24)21-19(3,8-10-23)13-25-4)15(2)22(14)12-16-7-5-6-9-20-16/h5-7,9,11,23H,8,10,12-13H2,1-4H3,(H,21,24). The third-order valence-corrected chi connectivity index (χ3v) is 4.41. The number of aryl methyl sites for hydroxylation is 1. The maximum atomic E-state index is 12.8. The molecule has 1 atom stereocenters. The highest BCUT2D eigenvalue weighted by atomic mass is 16.5. The van der Waals surface area contributed by atoms with E-state index in [4.69, 9.17) is 4.74 Å². The van der Waals surface area contributed by atoms with Crippen LogP contribution < -0.4 is 5.32 Å². The zero-order valence-corrected chi connectivity index (χ0v) is 15.4. The van der Waals surface area contributed by atoms with Crippen LogP contribution in [0.3, 0.4) is 0 Å². The number of nitrogens with one attached hydrogen (secondary N) is 1. The van der Waals surface area contributed by atoms with Gasteiger partial charge >= 0.3 is 0 Å². The third-order valence-electron chi connectivity index (χ3n) is 4.41. The molecule has 2 heterocycles. The lowest BCUT2D eigenvalue weighted by Crippen LogP contribution is -2.50. The summed E-state index contributed by atoms with van der Waals surface area (Å²) in [6, 6.07) is 7.69. The molecule has 0 bridgehead atoms. The van der Waals surface area contributed by atoms with E-state index >= 15 is 0 Å². The van der Waals surface area contributed by atoms with Gasteiger partial charge < -0.3 is 19.7 Å². The molecule has 1 amide bonds. The Balaban J connectivity index is 2.22. The number of hydrogen-bond donors (Lipinski definition) is 2. The summed E-state index contributed by atoms with van der Waals surface area (Å²) in [5, 5.41) is 12.3. The molecule has 2 aromatic heterocycles. The van der Waals surface area contributed by atoms with Gasteiger partial charge in [0.05, 0.1) is 29.9 Å². The summed E-state index contributed by atoms with van der Waals surface area (Å²) in [4.78, 5) is 17.1. The lowest BCUT2D eigenvalue weighted by atomic mass is 9.98. The number of nitrogens with zero attached hydrogens (tertiary/aromatic N) is 2. The van der Waals surface area contributed by atoms with E-state index in [-0.39, 0.29) is 12.5 Å². The average Bonchev–Trinajstić information content (AvgIpc) is 2.84. The zero-order valence-electron chi connectivity index (χ0n) is 15.4. The largest absolute Gasteiger partial charge is 0.396 e. The van der Waals surface area contributed by atoms with Gasteiger partial charge in [0, 0.05) is 31.3 Å². The molecule has 0 aliphatic rings. The van der Waals surface area contributed by atoms with E-state index in [9.17, 15) is 9.90 Å². The Morgan fingerprint density at radius 2 is 2.16 bits per heavy atom. The smallest absolute Gasteiger partial charge is 0.253 e. The van der Waals surface area contributed by atoms with E-state index in [0.717, 1.165) is 17.1 Å². The molecule has 0 aromatic carbocycles. The van der Waals surface area contributed by atoms with Gasteiger partial charge in [0.1, 0.15) is 0 Å². The molecule has 6 heteroatoms. The fourth-order valence-corrected chi connectivity index (χ4v) is 3.01. The SMILES string of the molecule is COCC(C)(CCO)NC(=O)c1cc(C)n(Cc2ccccn2)c1C. The lowest BCUT2D eigenvalue weighted by Gasteiger charge is -2.29. The van der Waals surface area contributed by atoms with Crippen molar-refractivity contribution < 1.29 is 14.6 Å². The van der Waals surface area contributed by atoms with Gasteiger partial charge in [-0.3, -0.25) is 9.78 Å². The molecule has 0 radical (unpaired) electrons. The number of carbonyl (C=O) groups is 1. The first-order chi connectivity index (χ1) is 11.9. The number of amides is 1. The van der Waals surface area contributed by atoms with Gasteiger partial charge in [0.15, 0.2) is 0 Å². The summed E-state index contributed by atoms with van der Waals surface area (Å²) in [5.74, 6) is -0.159. The van der Waals surface area contributed by atoms with Gasteiger partial charge in [-0.25, -0.2) is 0 Å². The summed E-state index contributed by atoms with van der Waals surface area (Å²) in [5.41, 5.74) is 2.87. The predicted molar refractivity (Wildman–Crippen MR) is 96.7 cm³/mol. The van der Waals surface area contributed by atoms with Crippen LogP contribution >= 0.6 is 0 Å². The number of hydrogen-bond acceptors (Lipinski definition) is 4. The van der Waals surface area contributed by atoms with Crippen LogP contribution in [-0.4, -0.2) is 46.4 Å². The molecule has 2 N–H and O–H groups in total. The second kappa shape index (κ2) is 8.27. The molecule has 136 valence electrons. The number of aromatic nitrogens is 2. The van der Waals surface area contributed by atoms with E-state index in [1.165, 1.54) is 0 Å². The van der Waals surface area contributed by atoms with Gasteiger partial charge in [-0.15, -0.1) is 0 Å². The quantitative estimate of drug-likeness (QED) is 0.768. The molecular formula is C19H27N3O3. The van der Waals surface area contributed by atoms with Crippen LogP contribution in [0.15, 0.2) is 30.5 Å². The van der Waals surface area contributed by atoms with Crippen molar-refractivity contribution in [1.82, 2.24) is 14.9 Å². The topological polar surface area (TPSA) is 76.4 Å². The minimum atomic E-state index is -0.607. The van der Waals surface area contributed by atoms with Crippen LogP contribution in [0.25, 0.3) is 0 Å². The van der Waals surface area contributed by atoms with Gasteiger partial charge in [-0.1, -0.05) is 6.07 Å². The molecule has 0 aliphatic heterocycles. The second-order valence-electron chi connectivity index (χ2n) is 6.61. The Morgan fingerprint density at radius 1 is 1.40 bits per heavy atom. The van der Waals surface area contributed by atoms with Crippen molar-refractivity contribution in [3.63, 3.8) is 0 Å². The van der Waals surface area contributed by atoms with Gasteiger partial charge in [0.2, 0.25) is 0 Å². The second-order valence-corrected chi connectivity index (χ2v) is 6.61. The van der Waals surface area contributed by atoms with Crippen LogP contribution in [-0.2, 0) is 11.3 Å². The fraction of sp³-hybridized carbons (Fsp3) is 0.474. The summed E-state index contributed by atoms with van der Waals surface area (Å²) in [6.07, 6.45) is 2.20. The van der Waals surface area contributed by atoms with E-state index in [1.54, 1.807) is 13.3 Å². The van der Waals surface area contributed by atoms with Crippen molar-refractivity contribution in [2.75, 3.05) is 20.3 Å². The summed E-state index contributed by atoms with van der Waals surface area (Å²) in [6.45, 7) is 6.74. The van der Waals surface area contributed by atoms with Crippen LogP contribution in [0.2, 0.25) is 0 Å². The molecule has 0 spiro atoms. The molecule has 2 rings (SSSR count). The number of pyridine rings is 1. The molecule has 0 fully saturated rings. The third kappa shape index (κ3) is 4.67. The first kappa shape index (κ1) is 19.1. The van der Waals surface area contributed by atoms with E-state index in [2.05, 4.69) is 14.9 Å². The number of carbonyl (C=O) groups excluding carboxylic acids is 1. The number of ether oxygens (including phenoxy) is 1. The van der Waals surface area contributed by atoms with Crippen molar-refractivity contribution in [3.05, 3.63) is 53.1 Å². The Labute approximate surface area is 148 Å². The van der Waals surface area contributed by atoms with Gasteiger partial charge in [-0.2, -0.15) is 0 Å². The number of aliphatic hydroxyl groups is 1. The molecule has 0 saturated heterocycles. The lowest BCUT2D eigenvalue weighted by molar-refractivity contribution is 0.0725. The minimum Gasteiger partial charge on any atom is -0.396 e. The Bertz CT molecular complexity index is 704. The van der Waals surface area contributed by atoms with Crippen LogP contribution in [0.4, 0.5) is 0 Å². The van der Waals surface area contributed by atoms with Crippen molar-refractivity contribution >= 4 is 5.91 Å². The minimum absolute atomic E-state index is 0.0150. The first-order valence-electron chi connectivity index (χ1n) is 8.39. The Kier molecular flexibility index (Phi) is 6.33. The van der Waals surface area contributed by atoms with Crippen molar-refractivity contribution in [2.45, 2.75) is 39.3 Å². The van der Waals surface area contributed by atoms with E-state index in [1.807, 2.05) is 45.0 Å². The van der Waals surface area contributed by atoms with Gasteiger partial charge in [-0.05, 0) is 45.4 Å². The average molecular weight is 345 g/mol. The van der Waals surface area contributed by atoms with E-state index < -0.39 is 5.54 Å². The molecule has 1 unspecified atom stereocenters. The highest BCUT2D eigenvalue weighted by Crippen LogP contribution is 2.19. The van der Waals surface area contributed by atoms with Crippen LogP contribution in [0.1, 0.15) is 40.8 Å². The number of aliphatic hydroxyl groups excluding tert-OH is 1. The molecule has 0 saturated carbocycles. The van der Waals surface area contributed by atoms with Gasteiger partial charge in [0.25, 0.3) is 5.91 Å². The van der Waals surface area contributed by atoms with E-state index in [0.29, 0.717) is 25.1 Å². The number of methoxy groups -OCH3 is 1. The maximum Gasteiger partial charge on any atom is 0.253 e. The number of rotatable bonds is 8. The predicted octanol–water partition coefficient (Wildman–Crippen LogP) is 2.07. The monoisotopic (exact) mass is 345 g/mol. The molecule has 25 heavy (non-hydrogen) atoms. The maximum absolute atomic E-state index is 12.8. The molecule has 0 aliphatic carbocycles. The van der Waals surface area contributed by atoms with Crippen LogP contribution in [0.5, 0.6) is 0 Å². The zero-order chi connectivity index (χ0) is 18.4. The van der Waals surface area contributed by atoms with Crippen LogP contribution in [0, 0.1) is 13.8 Å². The van der Waals surface area contributed by atoms with Crippen molar-refractivity contribution in [1.29, 1.82) is 0 Å². The fourth-order valence-electron chi connectivity index (χ4n) is 3.01. The molecular weight excluding hydrogens is 318 g/mol. The molecule has 6 nitrogen and oxygen atoms in total. The first-order valence-corrected chi connectivity index (χ1v) is 8.39. The summed E-state index contributed by atoms with van der Waals surface area (Å²) >= 11 is 0. The van der Waals surface area contributed by atoms with Crippen molar-refractivity contribution in [3.8, 4) is 0 Å². The highest BCUT2D eigenvalue weighted by molar-refractivity contribution is 5.96. The summed E-state index contributed by atoms with van der Waals surface area (Å²) < 4.78 is 7.28. The highest BCUT2D eigenvalue weighted by Gasteiger charge is 2.28. The summed E-state index contributed by atoms with van der Waals surface area (Å²) in [7, 11) is 1.58. The van der Waals surface area contributed by atoms with Crippen molar-refractivity contribution in [2.24, 2.45) is 0 Å². The Hall–Kier alpha value is -2.18. The normalized spacial score (nSPS) is 13.5. The Morgan fingerprint density at radius 3 is 2.76 bits per heavy atom. The molecule has 2 aromatic rings.